The summed E-state index contributed by atoms with van der Waals surface area (Å²) in [4.78, 5) is 25.7. The van der Waals surface area contributed by atoms with Crippen LogP contribution in [0.15, 0.2) is 0 Å². The third-order valence-electron chi connectivity index (χ3n) is 4.22. The van der Waals surface area contributed by atoms with Crippen LogP contribution in [0.4, 0.5) is 0 Å². The lowest BCUT2D eigenvalue weighted by Crippen LogP contribution is -2.55. The number of rotatable bonds is 4. The number of piperidine rings is 1. The molecule has 5 nitrogen and oxygen atoms in total. The molecule has 0 spiro atoms. The topological polar surface area (TPSA) is 73.2 Å². The highest BCUT2D eigenvalue weighted by Crippen LogP contribution is 2.63. The van der Waals surface area contributed by atoms with E-state index in [1.165, 1.54) is 4.90 Å². The number of fused-ring (bicyclic) bond motifs is 1. The molecule has 104 valence electrons. The minimum Gasteiger partial charge on any atom is -0.296 e. The van der Waals surface area contributed by atoms with Crippen molar-refractivity contribution in [1.29, 1.82) is 5.26 Å². The Hall–Kier alpha value is -1.41. The first-order chi connectivity index (χ1) is 8.64. The number of nitrogens with zero attached hydrogens (tertiary/aromatic N) is 2. The fraction of sp³-hybridized carbons (Fsp3) is 0.786. The van der Waals surface area contributed by atoms with E-state index in [2.05, 4.69) is 11.4 Å². The van der Waals surface area contributed by atoms with Gasteiger partial charge < -0.3 is 0 Å². The van der Waals surface area contributed by atoms with Crippen LogP contribution in [-0.4, -0.2) is 34.8 Å². The predicted molar refractivity (Wildman–Crippen MR) is 69.8 cm³/mol. The number of carbonyl (C=O) groups excluding carboxylic acids is 2. The van der Waals surface area contributed by atoms with E-state index in [1.807, 2.05) is 27.7 Å². The van der Waals surface area contributed by atoms with Gasteiger partial charge in [0.1, 0.15) is 5.54 Å². The Morgan fingerprint density at radius 1 is 1.37 bits per heavy atom. The Labute approximate surface area is 113 Å². The van der Waals surface area contributed by atoms with Gasteiger partial charge in [0.2, 0.25) is 11.8 Å². The Kier molecular flexibility index (Phi) is 2.98. The van der Waals surface area contributed by atoms with Crippen LogP contribution in [0.2, 0.25) is 0 Å². The Balaban J connectivity index is 2.12. The first kappa shape index (κ1) is 14.0. The SMILES string of the molecule is CC(C)NC(C)(C#N)CN1C(=O)C2C(C1=O)C2(C)C. The van der Waals surface area contributed by atoms with Gasteiger partial charge in [-0.3, -0.25) is 19.8 Å². The Morgan fingerprint density at radius 3 is 2.21 bits per heavy atom. The molecule has 1 saturated heterocycles. The second-order valence-corrected chi connectivity index (χ2v) is 6.78. The van der Waals surface area contributed by atoms with Gasteiger partial charge in [-0.05, 0) is 26.2 Å². The van der Waals surface area contributed by atoms with Gasteiger partial charge in [-0.1, -0.05) is 13.8 Å². The molecule has 1 aliphatic carbocycles. The smallest absolute Gasteiger partial charge is 0.233 e. The zero-order chi connectivity index (χ0) is 14.6. The molecule has 2 rings (SSSR count). The van der Waals surface area contributed by atoms with Gasteiger partial charge in [-0.25, -0.2) is 0 Å². The summed E-state index contributed by atoms with van der Waals surface area (Å²) in [6.07, 6.45) is 0. The molecule has 1 heterocycles. The average Bonchev–Trinajstić information content (AvgIpc) is 2.76. The lowest BCUT2D eigenvalue weighted by molar-refractivity contribution is -0.143. The summed E-state index contributed by atoms with van der Waals surface area (Å²) in [6.45, 7) is 9.62. The molecule has 2 fully saturated rings. The molecule has 0 aromatic heterocycles. The highest BCUT2D eigenvalue weighted by atomic mass is 16.2. The molecule has 3 atom stereocenters. The lowest BCUT2D eigenvalue weighted by Gasteiger charge is -2.31. The molecule has 2 amide bonds. The van der Waals surface area contributed by atoms with Gasteiger partial charge in [-0.15, -0.1) is 0 Å². The van der Waals surface area contributed by atoms with E-state index in [0.29, 0.717) is 0 Å². The van der Waals surface area contributed by atoms with Gasteiger partial charge >= 0.3 is 0 Å². The van der Waals surface area contributed by atoms with Crippen LogP contribution in [0.3, 0.4) is 0 Å². The molecule has 0 aromatic carbocycles. The third kappa shape index (κ3) is 2.04. The monoisotopic (exact) mass is 263 g/mol. The van der Waals surface area contributed by atoms with Crippen LogP contribution in [0, 0.1) is 28.6 Å². The number of amides is 2. The summed E-state index contributed by atoms with van der Waals surface area (Å²) in [5.74, 6) is -0.594. The maximum atomic E-state index is 12.2. The number of hydrogen-bond acceptors (Lipinski definition) is 4. The molecular formula is C14H21N3O2. The van der Waals surface area contributed by atoms with Crippen molar-refractivity contribution < 1.29 is 9.59 Å². The summed E-state index contributed by atoms with van der Waals surface area (Å²) in [6, 6.07) is 2.29. The Bertz CT molecular complexity index is 454. The minimum atomic E-state index is -0.888. The molecule has 1 saturated carbocycles. The second kappa shape index (κ2) is 4.04. The Morgan fingerprint density at radius 2 is 1.84 bits per heavy atom. The zero-order valence-electron chi connectivity index (χ0n) is 12.2. The van der Waals surface area contributed by atoms with E-state index in [9.17, 15) is 14.9 Å². The fourth-order valence-corrected chi connectivity index (χ4v) is 3.23. The second-order valence-electron chi connectivity index (χ2n) is 6.78. The van der Waals surface area contributed by atoms with Crippen molar-refractivity contribution in [2.45, 2.75) is 46.2 Å². The molecule has 0 bridgehead atoms. The van der Waals surface area contributed by atoms with E-state index in [0.717, 1.165) is 0 Å². The van der Waals surface area contributed by atoms with Gasteiger partial charge in [0.15, 0.2) is 0 Å². The maximum absolute atomic E-state index is 12.2. The first-order valence-corrected chi connectivity index (χ1v) is 6.68. The van der Waals surface area contributed by atoms with E-state index in [4.69, 9.17) is 0 Å². The van der Waals surface area contributed by atoms with E-state index in [-0.39, 0.29) is 41.7 Å². The minimum absolute atomic E-state index is 0.114. The first-order valence-electron chi connectivity index (χ1n) is 6.68. The molecule has 1 N–H and O–H groups in total. The molecule has 1 aliphatic heterocycles. The van der Waals surface area contributed by atoms with Gasteiger partial charge in [0.05, 0.1) is 24.4 Å². The normalized spacial score (nSPS) is 31.1. The van der Waals surface area contributed by atoms with Crippen LogP contribution in [0.1, 0.15) is 34.6 Å². The average molecular weight is 263 g/mol. The van der Waals surface area contributed by atoms with E-state index >= 15 is 0 Å². The zero-order valence-corrected chi connectivity index (χ0v) is 12.2. The summed E-state index contributed by atoms with van der Waals surface area (Å²) in [7, 11) is 0. The van der Waals surface area contributed by atoms with Crippen molar-refractivity contribution in [2.75, 3.05) is 6.54 Å². The third-order valence-corrected chi connectivity index (χ3v) is 4.22. The number of nitrogens with one attached hydrogen (secondary N) is 1. The van der Waals surface area contributed by atoms with Crippen molar-refractivity contribution in [2.24, 2.45) is 17.3 Å². The number of carbonyl (C=O) groups is 2. The number of likely N-dealkylation sites (tertiary alicyclic amines) is 1. The highest BCUT2D eigenvalue weighted by molar-refractivity contribution is 6.10. The van der Waals surface area contributed by atoms with Gasteiger partial charge in [0.25, 0.3) is 0 Å². The number of nitriles is 1. The van der Waals surface area contributed by atoms with Crippen molar-refractivity contribution in [3.05, 3.63) is 0 Å². The molecule has 5 heteroatoms. The van der Waals surface area contributed by atoms with Crippen LogP contribution < -0.4 is 5.32 Å². The summed E-state index contributed by atoms with van der Waals surface area (Å²) < 4.78 is 0. The van der Waals surface area contributed by atoms with E-state index in [1.54, 1.807) is 6.92 Å². The van der Waals surface area contributed by atoms with Gasteiger partial charge in [0, 0.05) is 6.04 Å². The van der Waals surface area contributed by atoms with Crippen molar-refractivity contribution >= 4 is 11.8 Å². The van der Waals surface area contributed by atoms with Crippen LogP contribution >= 0.6 is 0 Å². The van der Waals surface area contributed by atoms with E-state index < -0.39 is 5.54 Å². The van der Waals surface area contributed by atoms with Crippen molar-refractivity contribution in [3.8, 4) is 6.07 Å². The molecule has 19 heavy (non-hydrogen) atoms. The maximum Gasteiger partial charge on any atom is 0.233 e. The lowest BCUT2D eigenvalue weighted by atomic mass is 10.0. The summed E-state index contributed by atoms with van der Waals surface area (Å²) in [5, 5.41) is 12.4. The van der Waals surface area contributed by atoms with Crippen molar-refractivity contribution in [1.82, 2.24) is 10.2 Å². The number of hydrogen-bond donors (Lipinski definition) is 1. The summed E-state index contributed by atoms with van der Waals surface area (Å²) >= 11 is 0. The van der Waals surface area contributed by atoms with Gasteiger partial charge in [-0.2, -0.15) is 5.26 Å². The predicted octanol–water partition coefficient (Wildman–Crippen LogP) is 0.908. The van der Waals surface area contributed by atoms with Crippen LogP contribution in [0.5, 0.6) is 0 Å². The molecule has 3 unspecified atom stereocenters. The summed E-state index contributed by atoms with van der Waals surface area (Å²) in [5.41, 5.74) is -1.08. The molecule has 2 aliphatic rings. The molecule has 0 radical (unpaired) electrons. The van der Waals surface area contributed by atoms with Crippen molar-refractivity contribution in [3.63, 3.8) is 0 Å². The number of imide groups is 1. The largest absolute Gasteiger partial charge is 0.296 e. The standard InChI is InChI=1S/C14H21N3O2/c1-8(2)16-14(5,6-15)7-17-11(18)9-10(12(17)19)13(9,3)4/h8-10,16H,7H2,1-5H3. The fourth-order valence-electron chi connectivity index (χ4n) is 3.23. The molecule has 0 aromatic rings. The quantitative estimate of drug-likeness (QED) is 0.765. The van der Waals surface area contributed by atoms with Crippen LogP contribution in [-0.2, 0) is 9.59 Å². The molecular weight excluding hydrogens is 242 g/mol. The van der Waals surface area contributed by atoms with Crippen LogP contribution in [0.25, 0.3) is 0 Å². The highest BCUT2D eigenvalue weighted by Gasteiger charge is 2.72.